The number of hydrogen-bond donors (Lipinski definition) is 1. The molecule has 1 saturated heterocycles. The summed E-state index contributed by atoms with van der Waals surface area (Å²) >= 11 is 0. The lowest BCUT2D eigenvalue weighted by molar-refractivity contribution is 0.0730. The van der Waals surface area contributed by atoms with Gasteiger partial charge < -0.3 is 4.90 Å². The fourth-order valence-corrected chi connectivity index (χ4v) is 4.11. The number of aromatic amines is 1. The van der Waals surface area contributed by atoms with Gasteiger partial charge in [0.1, 0.15) is 11.6 Å². The summed E-state index contributed by atoms with van der Waals surface area (Å²) in [5.74, 6) is 1.06. The Morgan fingerprint density at radius 3 is 2.62 bits per heavy atom. The summed E-state index contributed by atoms with van der Waals surface area (Å²) in [5, 5.41) is 11.6. The van der Waals surface area contributed by atoms with Crippen LogP contribution in [0.15, 0.2) is 67.0 Å². The van der Waals surface area contributed by atoms with E-state index >= 15 is 0 Å². The Morgan fingerprint density at radius 2 is 1.88 bits per heavy atom. The highest BCUT2D eigenvalue weighted by Crippen LogP contribution is 2.31. The first-order chi connectivity index (χ1) is 15.7. The number of H-pyrrole nitrogens is 1. The molecule has 32 heavy (non-hydrogen) atoms. The Labute approximate surface area is 184 Å². The fraction of sp³-hybridized carbons (Fsp3) is 0.250. The van der Waals surface area contributed by atoms with Gasteiger partial charge in [-0.25, -0.2) is 9.37 Å². The molecule has 0 spiro atoms. The molecule has 5 rings (SSSR count). The van der Waals surface area contributed by atoms with Crippen LogP contribution >= 0.6 is 0 Å². The summed E-state index contributed by atoms with van der Waals surface area (Å²) in [4.78, 5) is 19.7. The number of halogens is 1. The molecule has 2 aromatic heterocycles. The lowest BCUT2D eigenvalue weighted by atomic mass is 10.1. The summed E-state index contributed by atoms with van der Waals surface area (Å²) in [7, 11) is 0. The van der Waals surface area contributed by atoms with Crippen molar-refractivity contribution in [3.8, 4) is 0 Å². The molecule has 1 unspecified atom stereocenters. The largest absolute Gasteiger partial charge is 0.328 e. The number of hydrogen-bond acceptors (Lipinski definition) is 4. The van der Waals surface area contributed by atoms with Gasteiger partial charge in [-0.15, -0.1) is 0 Å². The van der Waals surface area contributed by atoms with Gasteiger partial charge in [-0.2, -0.15) is 10.2 Å². The summed E-state index contributed by atoms with van der Waals surface area (Å²) < 4.78 is 15.0. The zero-order valence-electron chi connectivity index (χ0n) is 17.5. The molecule has 8 heteroatoms. The minimum absolute atomic E-state index is 0.0111. The molecule has 0 radical (unpaired) electrons. The van der Waals surface area contributed by atoms with Gasteiger partial charge in [-0.1, -0.05) is 24.3 Å². The minimum Gasteiger partial charge on any atom is -0.328 e. The van der Waals surface area contributed by atoms with Crippen molar-refractivity contribution in [3.63, 3.8) is 0 Å². The third kappa shape index (κ3) is 4.30. The number of carbonyl (C=O) groups excluding carboxylic acids is 1. The van der Waals surface area contributed by atoms with E-state index in [0.29, 0.717) is 36.7 Å². The number of amides is 1. The van der Waals surface area contributed by atoms with Gasteiger partial charge in [-0.05, 0) is 54.3 Å². The molecule has 1 N–H and O–H groups in total. The van der Waals surface area contributed by atoms with Gasteiger partial charge in [0.25, 0.3) is 5.91 Å². The minimum atomic E-state index is -0.262. The third-order valence-corrected chi connectivity index (χ3v) is 5.75. The van der Waals surface area contributed by atoms with Crippen LogP contribution in [-0.4, -0.2) is 42.3 Å². The predicted molar refractivity (Wildman–Crippen MR) is 116 cm³/mol. The van der Waals surface area contributed by atoms with Crippen molar-refractivity contribution in [2.24, 2.45) is 0 Å². The van der Waals surface area contributed by atoms with Crippen LogP contribution in [0.3, 0.4) is 0 Å². The maximum Gasteiger partial charge on any atom is 0.254 e. The monoisotopic (exact) mass is 430 g/mol. The molecular formula is C24H23FN6O. The summed E-state index contributed by atoms with van der Waals surface area (Å²) in [6, 6.07) is 15.8. The molecule has 1 aliphatic rings. The van der Waals surface area contributed by atoms with Crippen LogP contribution in [0.4, 0.5) is 4.39 Å². The zero-order chi connectivity index (χ0) is 21.9. The highest BCUT2D eigenvalue weighted by Gasteiger charge is 2.33. The van der Waals surface area contributed by atoms with Crippen molar-refractivity contribution < 1.29 is 9.18 Å². The number of rotatable bonds is 6. The molecule has 1 aliphatic heterocycles. The van der Waals surface area contributed by atoms with Crippen molar-refractivity contribution in [1.29, 1.82) is 0 Å². The fourth-order valence-electron chi connectivity index (χ4n) is 4.11. The van der Waals surface area contributed by atoms with Crippen LogP contribution in [-0.2, 0) is 13.0 Å². The molecule has 162 valence electrons. The number of nitrogens with one attached hydrogen (secondary N) is 1. The SMILES string of the molecule is O=C(c1ccc(Cn2cccn2)cc1)N1CCCC1c1n[nH]c(Cc2ccc(F)cc2)n1. The standard InChI is InChI=1S/C24H23FN6O/c25-20-10-6-17(7-11-20)15-22-27-23(29-28-22)21-3-1-14-31(21)24(32)19-8-4-18(5-9-19)16-30-13-2-12-26-30/h2,4-13,21H,1,3,14-16H2,(H,27,28,29). The number of likely N-dealkylation sites (tertiary alicyclic amines) is 1. The number of carbonyl (C=O) groups is 1. The van der Waals surface area contributed by atoms with Crippen LogP contribution < -0.4 is 0 Å². The normalized spacial score (nSPS) is 15.9. The van der Waals surface area contributed by atoms with Gasteiger partial charge in [0.15, 0.2) is 5.82 Å². The van der Waals surface area contributed by atoms with E-state index in [4.69, 9.17) is 0 Å². The van der Waals surface area contributed by atoms with Gasteiger partial charge in [0.05, 0.1) is 12.6 Å². The smallest absolute Gasteiger partial charge is 0.254 e. The average molecular weight is 430 g/mol. The second-order valence-corrected chi connectivity index (χ2v) is 8.00. The van der Waals surface area contributed by atoms with Crippen molar-refractivity contribution in [2.45, 2.75) is 31.8 Å². The molecule has 1 fully saturated rings. The van der Waals surface area contributed by atoms with Gasteiger partial charge >= 0.3 is 0 Å². The quantitative estimate of drug-likeness (QED) is 0.505. The third-order valence-electron chi connectivity index (χ3n) is 5.75. The summed E-state index contributed by atoms with van der Waals surface area (Å²) in [5.41, 5.74) is 2.69. The van der Waals surface area contributed by atoms with Crippen LogP contribution in [0.1, 0.15) is 52.0 Å². The van der Waals surface area contributed by atoms with Gasteiger partial charge in [0, 0.05) is 30.9 Å². The number of aromatic nitrogens is 5. The predicted octanol–water partition coefficient (Wildman–Crippen LogP) is 3.76. The summed E-state index contributed by atoms with van der Waals surface area (Å²) in [6.45, 7) is 1.35. The van der Waals surface area contributed by atoms with E-state index in [9.17, 15) is 9.18 Å². The maximum atomic E-state index is 13.2. The van der Waals surface area contributed by atoms with E-state index < -0.39 is 0 Å². The lowest BCUT2D eigenvalue weighted by Gasteiger charge is -2.22. The lowest BCUT2D eigenvalue weighted by Crippen LogP contribution is -2.31. The Kier molecular flexibility index (Phi) is 5.49. The Morgan fingerprint density at radius 1 is 1.09 bits per heavy atom. The maximum absolute atomic E-state index is 13.2. The second kappa shape index (κ2) is 8.74. The Hall–Kier alpha value is -3.81. The Balaban J connectivity index is 1.27. The molecule has 3 heterocycles. The van der Waals surface area contributed by atoms with Crippen molar-refractivity contribution in [1.82, 2.24) is 29.9 Å². The first-order valence-corrected chi connectivity index (χ1v) is 10.7. The molecule has 1 atom stereocenters. The molecule has 1 amide bonds. The molecule has 0 bridgehead atoms. The number of nitrogens with zero attached hydrogens (tertiary/aromatic N) is 5. The van der Waals surface area contributed by atoms with Crippen molar-refractivity contribution in [2.75, 3.05) is 6.54 Å². The van der Waals surface area contributed by atoms with Crippen LogP contribution in [0.25, 0.3) is 0 Å². The summed E-state index contributed by atoms with van der Waals surface area (Å²) in [6.07, 6.45) is 5.94. The first kappa shape index (κ1) is 20.1. The van der Waals surface area contributed by atoms with Crippen LogP contribution in [0.5, 0.6) is 0 Å². The van der Waals surface area contributed by atoms with E-state index in [-0.39, 0.29) is 17.8 Å². The van der Waals surface area contributed by atoms with E-state index in [1.807, 2.05) is 46.1 Å². The van der Waals surface area contributed by atoms with Crippen molar-refractivity contribution in [3.05, 3.63) is 101 Å². The van der Waals surface area contributed by atoms with Crippen molar-refractivity contribution >= 4 is 5.91 Å². The zero-order valence-corrected chi connectivity index (χ0v) is 17.5. The topological polar surface area (TPSA) is 79.7 Å². The molecule has 0 saturated carbocycles. The van der Waals surface area contributed by atoms with Crippen LogP contribution in [0.2, 0.25) is 0 Å². The highest BCUT2D eigenvalue weighted by atomic mass is 19.1. The van der Waals surface area contributed by atoms with Crippen LogP contribution in [0, 0.1) is 5.82 Å². The van der Waals surface area contributed by atoms with E-state index in [0.717, 1.165) is 24.0 Å². The first-order valence-electron chi connectivity index (χ1n) is 10.7. The van der Waals surface area contributed by atoms with E-state index in [1.54, 1.807) is 18.3 Å². The van der Waals surface area contributed by atoms with Gasteiger partial charge in [-0.3, -0.25) is 14.6 Å². The number of benzene rings is 2. The average Bonchev–Trinajstić information content (AvgIpc) is 3.57. The second-order valence-electron chi connectivity index (χ2n) is 8.00. The molecule has 2 aromatic carbocycles. The molecule has 0 aliphatic carbocycles. The van der Waals surface area contributed by atoms with E-state index in [1.165, 1.54) is 12.1 Å². The Bertz CT molecular complexity index is 1180. The van der Waals surface area contributed by atoms with E-state index in [2.05, 4.69) is 20.3 Å². The molecular weight excluding hydrogens is 407 g/mol. The molecule has 4 aromatic rings. The van der Waals surface area contributed by atoms with Gasteiger partial charge in [0.2, 0.25) is 0 Å². The molecule has 7 nitrogen and oxygen atoms in total. The highest BCUT2D eigenvalue weighted by molar-refractivity contribution is 5.94.